The van der Waals surface area contributed by atoms with Gasteiger partial charge >= 0.3 is 0 Å². The molecule has 0 aromatic carbocycles. The predicted octanol–water partition coefficient (Wildman–Crippen LogP) is -2.72. The maximum atomic E-state index is 11.3. The number of hydrazine groups is 1. The van der Waals surface area contributed by atoms with Crippen LogP contribution in [0.5, 0.6) is 0 Å². The molecule has 3 N–H and O–H groups in total. The van der Waals surface area contributed by atoms with E-state index in [1.807, 2.05) is 5.43 Å². The number of carbonyl (C=O) groups excluding carboxylic acids is 3. The number of likely N-dealkylation sites (N-methyl/N-ethyl adjacent to an activating group) is 1. The lowest BCUT2D eigenvalue weighted by Crippen LogP contribution is -2.55. The van der Waals surface area contributed by atoms with Crippen LogP contribution in [0.15, 0.2) is 0 Å². The smallest absolute Gasteiger partial charge is 0.253 e. The average molecular weight is 200 g/mol. The van der Waals surface area contributed by atoms with E-state index in [4.69, 9.17) is 5.84 Å². The zero-order valence-corrected chi connectivity index (χ0v) is 7.82. The Labute approximate surface area is 80.8 Å². The molecule has 0 spiro atoms. The Morgan fingerprint density at radius 1 is 1.43 bits per heavy atom. The van der Waals surface area contributed by atoms with E-state index in [0.717, 1.165) is 0 Å². The molecule has 7 heteroatoms. The van der Waals surface area contributed by atoms with Crippen molar-refractivity contribution in [1.82, 2.24) is 15.2 Å². The van der Waals surface area contributed by atoms with Crippen LogP contribution in [0.2, 0.25) is 0 Å². The molecule has 1 aliphatic heterocycles. The summed E-state index contributed by atoms with van der Waals surface area (Å²) in [5.74, 6) is 3.93. The van der Waals surface area contributed by atoms with Gasteiger partial charge in [-0.15, -0.1) is 0 Å². The van der Waals surface area contributed by atoms with Gasteiger partial charge in [0.05, 0.1) is 6.54 Å². The summed E-state index contributed by atoms with van der Waals surface area (Å²) < 4.78 is 0. The number of nitrogens with zero attached hydrogens (tertiary/aromatic N) is 2. The molecule has 0 bridgehead atoms. The van der Waals surface area contributed by atoms with E-state index in [0.29, 0.717) is 0 Å². The molecule has 0 radical (unpaired) electrons. The van der Waals surface area contributed by atoms with Gasteiger partial charge in [0.1, 0.15) is 13.1 Å². The Balaban J connectivity index is 2.57. The van der Waals surface area contributed by atoms with Gasteiger partial charge in [-0.25, -0.2) is 5.84 Å². The SMILES string of the molecule is CN1CC(=O)N(CC(=O)NN)CC1=O. The molecule has 1 saturated heterocycles. The van der Waals surface area contributed by atoms with Crippen molar-refractivity contribution < 1.29 is 14.4 Å². The number of piperazine rings is 1. The molecule has 0 aromatic heterocycles. The molecule has 0 saturated carbocycles. The summed E-state index contributed by atoms with van der Waals surface area (Å²) in [4.78, 5) is 35.9. The van der Waals surface area contributed by atoms with E-state index < -0.39 is 5.91 Å². The van der Waals surface area contributed by atoms with E-state index >= 15 is 0 Å². The van der Waals surface area contributed by atoms with Crippen molar-refractivity contribution in [2.75, 3.05) is 26.7 Å². The third-order valence-electron chi connectivity index (χ3n) is 1.97. The first kappa shape index (κ1) is 10.5. The quantitative estimate of drug-likeness (QED) is 0.287. The highest BCUT2D eigenvalue weighted by atomic mass is 16.2. The predicted molar refractivity (Wildman–Crippen MR) is 46.5 cm³/mol. The summed E-state index contributed by atoms with van der Waals surface area (Å²) in [6.07, 6.45) is 0. The minimum Gasteiger partial charge on any atom is -0.335 e. The first-order valence-electron chi connectivity index (χ1n) is 4.05. The Hall–Kier alpha value is -1.63. The lowest BCUT2D eigenvalue weighted by Gasteiger charge is -2.30. The van der Waals surface area contributed by atoms with Crippen LogP contribution in [0, 0.1) is 0 Å². The minimum atomic E-state index is -0.490. The van der Waals surface area contributed by atoms with E-state index in [1.54, 1.807) is 7.05 Å². The second-order valence-corrected chi connectivity index (χ2v) is 3.07. The lowest BCUT2D eigenvalue weighted by molar-refractivity contribution is -0.150. The monoisotopic (exact) mass is 200 g/mol. The Bertz CT molecular complexity index is 276. The van der Waals surface area contributed by atoms with Gasteiger partial charge in [-0.3, -0.25) is 19.8 Å². The third-order valence-corrected chi connectivity index (χ3v) is 1.97. The van der Waals surface area contributed by atoms with E-state index in [2.05, 4.69) is 0 Å². The number of hydrogen-bond donors (Lipinski definition) is 2. The highest BCUT2D eigenvalue weighted by Gasteiger charge is 2.28. The van der Waals surface area contributed by atoms with Gasteiger partial charge < -0.3 is 9.80 Å². The number of nitrogens with one attached hydrogen (secondary N) is 1. The molecule has 14 heavy (non-hydrogen) atoms. The Morgan fingerprint density at radius 3 is 2.64 bits per heavy atom. The van der Waals surface area contributed by atoms with Gasteiger partial charge in [-0.05, 0) is 0 Å². The fourth-order valence-corrected chi connectivity index (χ4v) is 1.13. The van der Waals surface area contributed by atoms with Crippen LogP contribution in [0.3, 0.4) is 0 Å². The van der Waals surface area contributed by atoms with Crippen molar-refractivity contribution in [3.05, 3.63) is 0 Å². The lowest BCUT2D eigenvalue weighted by atomic mass is 10.3. The average Bonchev–Trinajstić information content (AvgIpc) is 2.14. The molecule has 0 unspecified atom stereocenters. The summed E-state index contributed by atoms with van der Waals surface area (Å²) in [6, 6.07) is 0. The standard InChI is InChI=1S/C7H12N4O3/c1-10-3-7(14)11(4-6(10)13)2-5(12)9-8/h2-4,8H2,1H3,(H,9,12). The van der Waals surface area contributed by atoms with E-state index in [1.165, 1.54) is 9.80 Å². The highest BCUT2D eigenvalue weighted by molar-refractivity contribution is 5.94. The molecule has 7 nitrogen and oxygen atoms in total. The maximum absolute atomic E-state index is 11.3. The van der Waals surface area contributed by atoms with Crippen LogP contribution in [0.1, 0.15) is 0 Å². The van der Waals surface area contributed by atoms with Crippen molar-refractivity contribution in [3.8, 4) is 0 Å². The third kappa shape index (κ3) is 2.19. The van der Waals surface area contributed by atoms with Crippen molar-refractivity contribution in [2.24, 2.45) is 5.84 Å². The molecular formula is C7H12N4O3. The molecular weight excluding hydrogens is 188 g/mol. The van der Waals surface area contributed by atoms with Gasteiger partial charge in [-0.1, -0.05) is 0 Å². The fourth-order valence-electron chi connectivity index (χ4n) is 1.13. The van der Waals surface area contributed by atoms with Crippen LogP contribution in [-0.4, -0.2) is 54.2 Å². The van der Waals surface area contributed by atoms with Crippen LogP contribution < -0.4 is 11.3 Å². The zero-order chi connectivity index (χ0) is 10.7. The topological polar surface area (TPSA) is 95.7 Å². The maximum Gasteiger partial charge on any atom is 0.253 e. The first-order valence-corrected chi connectivity index (χ1v) is 4.05. The normalized spacial score (nSPS) is 17.3. The molecule has 0 atom stereocenters. The molecule has 1 heterocycles. The number of hydrogen-bond acceptors (Lipinski definition) is 4. The molecule has 1 aliphatic rings. The molecule has 0 aromatic rings. The summed E-state index contributed by atoms with van der Waals surface area (Å²) in [6.45, 7) is -0.228. The van der Waals surface area contributed by atoms with Crippen molar-refractivity contribution >= 4 is 17.7 Å². The molecule has 3 amide bonds. The number of carbonyl (C=O) groups is 3. The summed E-state index contributed by atoms with van der Waals surface area (Å²) in [5, 5.41) is 0. The van der Waals surface area contributed by atoms with Crippen LogP contribution in [0.25, 0.3) is 0 Å². The van der Waals surface area contributed by atoms with Gasteiger partial charge in [-0.2, -0.15) is 0 Å². The van der Waals surface area contributed by atoms with E-state index in [-0.39, 0.29) is 31.4 Å². The number of amides is 3. The van der Waals surface area contributed by atoms with Crippen LogP contribution >= 0.6 is 0 Å². The number of rotatable bonds is 2. The Morgan fingerprint density at radius 2 is 2.07 bits per heavy atom. The molecule has 0 aliphatic carbocycles. The summed E-state index contributed by atoms with van der Waals surface area (Å²) in [5.41, 5.74) is 1.90. The Kier molecular flexibility index (Phi) is 3.03. The fraction of sp³-hybridized carbons (Fsp3) is 0.571. The van der Waals surface area contributed by atoms with Crippen molar-refractivity contribution in [3.63, 3.8) is 0 Å². The zero-order valence-electron chi connectivity index (χ0n) is 7.82. The second-order valence-electron chi connectivity index (χ2n) is 3.07. The van der Waals surface area contributed by atoms with Gasteiger partial charge in [0.15, 0.2) is 0 Å². The van der Waals surface area contributed by atoms with Crippen molar-refractivity contribution in [2.45, 2.75) is 0 Å². The van der Waals surface area contributed by atoms with Crippen molar-refractivity contribution in [1.29, 1.82) is 0 Å². The van der Waals surface area contributed by atoms with Crippen LogP contribution in [0.4, 0.5) is 0 Å². The van der Waals surface area contributed by atoms with Gasteiger partial charge in [0, 0.05) is 7.05 Å². The molecule has 1 rings (SSSR count). The minimum absolute atomic E-state index is 0.0106. The van der Waals surface area contributed by atoms with E-state index in [9.17, 15) is 14.4 Å². The summed E-state index contributed by atoms with van der Waals surface area (Å²) >= 11 is 0. The van der Waals surface area contributed by atoms with Gasteiger partial charge in [0.2, 0.25) is 11.8 Å². The largest absolute Gasteiger partial charge is 0.335 e. The molecule has 78 valence electrons. The summed E-state index contributed by atoms with van der Waals surface area (Å²) in [7, 11) is 1.54. The van der Waals surface area contributed by atoms with Gasteiger partial charge in [0.25, 0.3) is 5.91 Å². The molecule has 1 fully saturated rings. The van der Waals surface area contributed by atoms with Crippen LogP contribution in [-0.2, 0) is 14.4 Å². The second kappa shape index (κ2) is 4.05. The number of nitrogens with two attached hydrogens (primary N) is 1. The first-order chi connectivity index (χ1) is 6.54. The highest BCUT2D eigenvalue weighted by Crippen LogP contribution is 2.01.